The van der Waals surface area contributed by atoms with Crippen LogP contribution in [0.4, 0.5) is 15.8 Å². The molecule has 1 heterocycles. The molecule has 1 aromatic carbocycles. The Kier molecular flexibility index (Phi) is 1.87. The van der Waals surface area contributed by atoms with Crippen LogP contribution in [0.1, 0.15) is 6.92 Å². The van der Waals surface area contributed by atoms with Gasteiger partial charge in [0.1, 0.15) is 11.5 Å². The molecule has 1 fully saturated rings. The van der Waals surface area contributed by atoms with Crippen molar-refractivity contribution in [1.82, 2.24) is 0 Å². The lowest BCUT2D eigenvalue weighted by Crippen LogP contribution is -2.00. The van der Waals surface area contributed by atoms with Crippen LogP contribution >= 0.6 is 0 Å². The minimum absolute atomic E-state index is 0.158. The standard InChI is InChI=1S/C9H9FN2O2/c1-6-5-11(6)8-3-2-7(10)4-9(8)12(13)14/h2-4,6H,5H2,1H3. The van der Waals surface area contributed by atoms with E-state index in [9.17, 15) is 14.5 Å². The normalized spacial score (nSPS) is 19.6. The van der Waals surface area contributed by atoms with E-state index in [2.05, 4.69) is 0 Å². The molecule has 1 aliphatic rings. The SMILES string of the molecule is CC1CN1c1ccc(F)cc1[N+](=O)[O-]. The number of hydrogen-bond acceptors (Lipinski definition) is 3. The monoisotopic (exact) mass is 196 g/mol. The highest BCUT2D eigenvalue weighted by Gasteiger charge is 2.34. The number of rotatable bonds is 2. The van der Waals surface area contributed by atoms with E-state index < -0.39 is 10.7 Å². The summed E-state index contributed by atoms with van der Waals surface area (Å²) in [6, 6.07) is 3.98. The summed E-state index contributed by atoms with van der Waals surface area (Å²) in [5.74, 6) is -0.574. The van der Waals surface area contributed by atoms with Gasteiger partial charge in [0, 0.05) is 12.6 Å². The average Bonchev–Trinajstić information content (AvgIpc) is 2.82. The van der Waals surface area contributed by atoms with Crippen molar-refractivity contribution in [3.8, 4) is 0 Å². The molecule has 4 nitrogen and oxygen atoms in total. The third kappa shape index (κ3) is 1.41. The molecule has 0 N–H and O–H groups in total. The maximum atomic E-state index is 12.8. The summed E-state index contributed by atoms with van der Waals surface area (Å²) in [7, 11) is 0. The largest absolute Gasteiger partial charge is 0.359 e. The molecule has 0 radical (unpaired) electrons. The van der Waals surface area contributed by atoms with Crippen LogP contribution in [0.25, 0.3) is 0 Å². The second kappa shape index (κ2) is 2.94. The molecule has 14 heavy (non-hydrogen) atoms. The number of halogens is 1. The molecular weight excluding hydrogens is 187 g/mol. The van der Waals surface area contributed by atoms with Gasteiger partial charge in [-0.1, -0.05) is 0 Å². The molecule has 0 spiro atoms. The maximum Gasteiger partial charge on any atom is 0.295 e. The van der Waals surface area contributed by atoms with Gasteiger partial charge in [-0.05, 0) is 19.1 Å². The van der Waals surface area contributed by atoms with Gasteiger partial charge in [0.15, 0.2) is 0 Å². The van der Waals surface area contributed by atoms with Crippen LogP contribution in [0.15, 0.2) is 18.2 Å². The minimum Gasteiger partial charge on any atom is -0.359 e. The maximum absolute atomic E-state index is 12.8. The fourth-order valence-electron chi connectivity index (χ4n) is 1.46. The highest BCUT2D eigenvalue weighted by molar-refractivity contribution is 5.67. The van der Waals surface area contributed by atoms with Gasteiger partial charge in [-0.3, -0.25) is 10.1 Å². The Bertz CT molecular complexity index is 394. The van der Waals surface area contributed by atoms with Crippen LogP contribution in [0, 0.1) is 15.9 Å². The molecule has 0 amide bonds. The fourth-order valence-corrected chi connectivity index (χ4v) is 1.46. The van der Waals surface area contributed by atoms with Crippen LogP contribution in [-0.4, -0.2) is 17.5 Å². The topological polar surface area (TPSA) is 46.1 Å². The number of nitro groups is 1. The summed E-state index contributed by atoms with van der Waals surface area (Å²) >= 11 is 0. The molecular formula is C9H9FN2O2. The van der Waals surface area contributed by atoms with Crippen LogP contribution in [0.5, 0.6) is 0 Å². The Hall–Kier alpha value is -1.65. The Morgan fingerprint density at radius 1 is 1.64 bits per heavy atom. The van der Waals surface area contributed by atoms with Crippen molar-refractivity contribution in [3.63, 3.8) is 0 Å². The van der Waals surface area contributed by atoms with Crippen LogP contribution in [0.2, 0.25) is 0 Å². The molecule has 1 atom stereocenters. The lowest BCUT2D eigenvalue weighted by molar-refractivity contribution is -0.384. The van der Waals surface area contributed by atoms with Gasteiger partial charge in [0.2, 0.25) is 0 Å². The van der Waals surface area contributed by atoms with Crippen molar-refractivity contribution in [1.29, 1.82) is 0 Å². The van der Waals surface area contributed by atoms with E-state index in [0.29, 0.717) is 11.7 Å². The summed E-state index contributed by atoms with van der Waals surface area (Å²) in [6.07, 6.45) is 0. The molecule has 1 unspecified atom stereocenters. The van der Waals surface area contributed by atoms with Crippen LogP contribution < -0.4 is 4.90 Å². The Morgan fingerprint density at radius 3 is 2.79 bits per heavy atom. The number of hydrogen-bond donors (Lipinski definition) is 0. The van der Waals surface area contributed by atoms with E-state index in [1.807, 2.05) is 11.8 Å². The average molecular weight is 196 g/mol. The van der Waals surface area contributed by atoms with Crippen molar-refractivity contribution in [2.45, 2.75) is 13.0 Å². The quantitative estimate of drug-likeness (QED) is 0.412. The molecule has 0 aromatic heterocycles. The summed E-state index contributed by atoms with van der Waals surface area (Å²) in [5, 5.41) is 10.6. The molecule has 0 saturated carbocycles. The Morgan fingerprint density at radius 2 is 2.29 bits per heavy atom. The molecule has 1 aromatic rings. The van der Waals surface area contributed by atoms with Crippen molar-refractivity contribution in [3.05, 3.63) is 34.1 Å². The Balaban J connectivity index is 2.43. The lowest BCUT2D eigenvalue weighted by Gasteiger charge is -2.04. The summed E-state index contributed by atoms with van der Waals surface area (Å²) in [4.78, 5) is 11.9. The predicted octanol–water partition coefficient (Wildman–Crippen LogP) is 1.94. The van der Waals surface area contributed by atoms with Crippen LogP contribution in [-0.2, 0) is 0 Å². The highest BCUT2D eigenvalue weighted by atomic mass is 19.1. The summed E-state index contributed by atoms with van der Waals surface area (Å²) in [5.41, 5.74) is 0.346. The van der Waals surface area contributed by atoms with Gasteiger partial charge in [-0.15, -0.1) is 0 Å². The minimum atomic E-state index is -0.574. The number of nitrogens with zero attached hydrogens (tertiary/aromatic N) is 2. The molecule has 2 rings (SSSR count). The van der Waals surface area contributed by atoms with Gasteiger partial charge in [-0.2, -0.15) is 0 Å². The predicted molar refractivity (Wildman–Crippen MR) is 49.9 cm³/mol. The van der Waals surface area contributed by atoms with E-state index in [0.717, 1.165) is 12.6 Å². The first-order valence-electron chi connectivity index (χ1n) is 4.30. The van der Waals surface area contributed by atoms with Crippen molar-refractivity contribution < 1.29 is 9.31 Å². The van der Waals surface area contributed by atoms with Gasteiger partial charge in [0.25, 0.3) is 5.69 Å². The first-order chi connectivity index (χ1) is 6.59. The van der Waals surface area contributed by atoms with E-state index in [-0.39, 0.29) is 5.69 Å². The summed E-state index contributed by atoms with van der Waals surface area (Å²) in [6.45, 7) is 2.76. The van der Waals surface area contributed by atoms with Crippen molar-refractivity contribution >= 4 is 11.4 Å². The third-order valence-electron chi connectivity index (χ3n) is 2.30. The van der Waals surface area contributed by atoms with Gasteiger partial charge in [0.05, 0.1) is 11.0 Å². The second-order valence-corrected chi connectivity index (χ2v) is 3.39. The van der Waals surface area contributed by atoms with Gasteiger partial charge in [-0.25, -0.2) is 4.39 Å². The van der Waals surface area contributed by atoms with Gasteiger partial charge < -0.3 is 4.90 Å². The second-order valence-electron chi connectivity index (χ2n) is 3.39. The number of nitro benzene ring substituents is 1. The first-order valence-corrected chi connectivity index (χ1v) is 4.30. The molecule has 0 bridgehead atoms. The fraction of sp³-hybridized carbons (Fsp3) is 0.333. The van der Waals surface area contributed by atoms with Gasteiger partial charge >= 0.3 is 0 Å². The highest BCUT2D eigenvalue weighted by Crippen LogP contribution is 2.35. The zero-order valence-corrected chi connectivity index (χ0v) is 7.61. The van der Waals surface area contributed by atoms with Crippen molar-refractivity contribution in [2.75, 3.05) is 11.4 Å². The van der Waals surface area contributed by atoms with E-state index in [1.54, 1.807) is 0 Å². The zero-order valence-electron chi connectivity index (χ0n) is 7.61. The first kappa shape index (κ1) is 8.93. The summed E-state index contributed by atoms with van der Waals surface area (Å²) < 4.78 is 12.8. The zero-order chi connectivity index (χ0) is 10.3. The molecule has 1 aliphatic heterocycles. The van der Waals surface area contributed by atoms with Crippen LogP contribution in [0.3, 0.4) is 0 Å². The number of anilines is 1. The number of benzene rings is 1. The van der Waals surface area contributed by atoms with Crippen molar-refractivity contribution in [2.24, 2.45) is 0 Å². The van der Waals surface area contributed by atoms with E-state index >= 15 is 0 Å². The molecule has 0 aliphatic carbocycles. The molecule has 1 saturated heterocycles. The third-order valence-corrected chi connectivity index (χ3v) is 2.30. The Labute approximate surface area is 80.1 Å². The molecule has 5 heteroatoms. The smallest absolute Gasteiger partial charge is 0.295 e. The lowest BCUT2D eigenvalue weighted by atomic mass is 10.2. The van der Waals surface area contributed by atoms with E-state index in [4.69, 9.17) is 0 Å². The van der Waals surface area contributed by atoms with E-state index in [1.165, 1.54) is 12.1 Å². The molecule has 74 valence electrons.